The minimum Gasteiger partial charge on any atom is -0.376 e. The van der Waals surface area contributed by atoms with Crippen LogP contribution in [0.3, 0.4) is 0 Å². The van der Waals surface area contributed by atoms with Crippen LogP contribution in [0, 0.1) is 13.8 Å². The Labute approximate surface area is 199 Å². The summed E-state index contributed by atoms with van der Waals surface area (Å²) in [5.41, 5.74) is 6.48. The van der Waals surface area contributed by atoms with E-state index < -0.39 is 0 Å². The van der Waals surface area contributed by atoms with Gasteiger partial charge in [0, 0.05) is 17.9 Å². The van der Waals surface area contributed by atoms with Crippen molar-refractivity contribution in [2.75, 3.05) is 13.2 Å². The molecule has 0 bridgehead atoms. The topological polar surface area (TPSA) is 63.4 Å². The summed E-state index contributed by atoms with van der Waals surface area (Å²) in [5.74, 6) is 1.07. The number of aromatic nitrogens is 2. The number of nitrogens with one attached hydrogen (secondary N) is 1. The van der Waals surface area contributed by atoms with Crippen molar-refractivity contribution >= 4 is 22.9 Å². The Kier molecular flexibility index (Phi) is 6.00. The smallest absolute Gasteiger partial charge is 0.258 e. The van der Waals surface area contributed by atoms with Crippen LogP contribution in [0.4, 0.5) is 0 Å². The Morgan fingerprint density at radius 2 is 1.91 bits per heavy atom. The van der Waals surface area contributed by atoms with Crippen molar-refractivity contribution in [3.05, 3.63) is 76.8 Å². The average Bonchev–Trinajstić information content (AvgIpc) is 3.51. The van der Waals surface area contributed by atoms with Crippen molar-refractivity contribution in [3.63, 3.8) is 0 Å². The zero-order valence-electron chi connectivity index (χ0n) is 19.2. The van der Waals surface area contributed by atoms with E-state index in [9.17, 15) is 0 Å². The molecule has 33 heavy (non-hydrogen) atoms. The van der Waals surface area contributed by atoms with E-state index in [2.05, 4.69) is 54.3 Å². The highest BCUT2D eigenvalue weighted by molar-refractivity contribution is 7.80. The highest BCUT2D eigenvalue weighted by Crippen LogP contribution is 2.38. The van der Waals surface area contributed by atoms with Crippen LogP contribution in [-0.4, -0.2) is 39.4 Å². The second-order valence-electron chi connectivity index (χ2n) is 8.76. The van der Waals surface area contributed by atoms with E-state index in [1.807, 2.05) is 30.3 Å². The second-order valence-corrected chi connectivity index (χ2v) is 9.15. The molecule has 3 heterocycles. The molecule has 6 nitrogen and oxygen atoms in total. The molecule has 2 unspecified atom stereocenters. The summed E-state index contributed by atoms with van der Waals surface area (Å²) in [5, 5.41) is 8.52. The molecule has 0 radical (unpaired) electrons. The molecule has 0 aliphatic carbocycles. The first kappa shape index (κ1) is 21.8. The monoisotopic (exact) mass is 460 g/mol. The summed E-state index contributed by atoms with van der Waals surface area (Å²) >= 11 is 5.82. The van der Waals surface area contributed by atoms with E-state index in [-0.39, 0.29) is 12.1 Å². The SMILES string of the molecule is CC1=C(c2nc(-c3ccccc3)no2)C(c2ccc(C)c(C)c2)NC(=S)N1CC1CCCO1. The molecule has 170 valence electrons. The quantitative estimate of drug-likeness (QED) is 0.525. The van der Waals surface area contributed by atoms with Crippen molar-refractivity contribution in [2.45, 2.75) is 45.8 Å². The van der Waals surface area contributed by atoms with Gasteiger partial charge in [0.05, 0.1) is 24.3 Å². The number of ether oxygens (including phenoxy) is 1. The van der Waals surface area contributed by atoms with Gasteiger partial charge < -0.3 is 19.5 Å². The van der Waals surface area contributed by atoms with Crippen molar-refractivity contribution in [3.8, 4) is 11.4 Å². The van der Waals surface area contributed by atoms with E-state index in [1.165, 1.54) is 11.1 Å². The third-order valence-electron chi connectivity index (χ3n) is 6.56. The fraction of sp³-hybridized carbons (Fsp3) is 0.346. The lowest BCUT2D eigenvalue weighted by atomic mass is 9.92. The lowest BCUT2D eigenvalue weighted by molar-refractivity contribution is 0.0962. The van der Waals surface area contributed by atoms with Crippen molar-refractivity contribution in [2.24, 2.45) is 0 Å². The maximum Gasteiger partial charge on any atom is 0.258 e. The van der Waals surface area contributed by atoms with Gasteiger partial charge in [0.2, 0.25) is 5.82 Å². The third kappa shape index (κ3) is 4.30. The third-order valence-corrected chi connectivity index (χ3v) is 6.90. The van der Waals surface area contributed by atoms with Crippen molar-refractivity contribution in [1.29, 1.82) is 0 Å². The molecule has 2 atom stereocenters. The number of benzene rings is 2. The van der Waals surface area contributed by atoms with Gasteiger partial charge in [-0.3, -0.25) is 0 Å². The maximum atomic E-state index is 5.89. The maximum absolute atomic E-state index is 5.89. The molecule has 5 rings (SSSR count). The standard InChI is InChI=1S/C26H28N4O2S/c1-16-11-12-20(14-17(16)2)23-22(25-28-24(29-32-25)19-8-5-4-6-9-19)18(3)30(26(33)27-23)15-21-10-7-13-31-21/h4-6,8-9,11-12,14,21,23H,7,10,13,15H2,1-3H3,(H,27,33). The van der Waals surface area contributed by atoms with Crippen molar-refractivity contribution in [1.82, 2.24) is 20.4 Å². The average molecular weight is 461 g/mol. The number of aryl methyl sites for hydroxylation is 2. The van der Waals surface area contributed by atoms with Gasteiger partial charge >= 0.3 is 0 Å². The molecule has 1 saturated heterocycles. The lowest BCUT2D eigenvalue weighted by Crippen LogP contribution is -2.48. The normalized spacial score (nSPS) is 20.9. The first-order valence-electron chi connectivity index (χ1n) is 11.4. The van der Waals surface area contributed by atoms with Gasteiger partial charge in [-0.25, -0.2) is 0 Å². The summed E-state index contributed by atoms with van der Waals surface area (Å²) in [4.78, 5) is 6.90. The van der Waals surface area contributed by atoms with Crippen LogP contribution in [0.1, 0.15) is 48.4 Å². The predicted molar refractivity (Wildman–Crippen MR) is 132 cm³/mol. The molecular weight excluding hydrogens is 432 g/mol. The number of hydrogen-bond acceptors (Lipinski definition) is 5. The molecule has 0 saturated carbocycles. The van der Waals surface area contributed by atoms with Gasteiger partial charge in [-0.05, 0) is 62.5 Å². The summed E-state index contributed by atoms with van der Waals surface area (Å²) in [6.07, 6.45) is 2.30. The number of nitrogens with zero attached hydrogens (tertiary/aromatic N) is 3. The first-order valence-corrected chi connectivity index (χ1v) is 11.8. The number of hydrogen-bond donors (Lipinski definition) is 1. The molecular formula is C26H28N4O2S. The van der Waals surface area contributed by atoms with Crippen LogP contribution < -0.4 is 5.32 Å². The van der Waals surface area contributed by atoms with Crippen LogP contribution in [-0.2, 0) is 4.74 Å². The van der Waals surface area contributed by atoms with E-state index in [0.717, 1.165) is 41.8 Å². The molecule has 1 aromatic heterocycles. The lowest BCUT2D eigenvalue weighted by Gasteiger charge is -2.38. The summed E-state index contributed by atoms with van der Waals surface area (Å²) < 4.78 is 11.7. The van der Waals surface area contributed by atoms with Crippen LogP contribution in [0.15, 0.2) is 58.8 Å². The molecule has 2 aliphatic heterocycles. The Morgan fingerprint density at radius 1 is 1.09 bits per heavy atom. The Bertz CT molecular complexity index is 1200. The van der Waals surface area contributed by atoms with Gasteiger partial charge in [-0.1, -0.05) is 53.7 Å². The fourth-order valence-electron chi connectivity index (χ4n) is 4.50. The Morgan fingerprint density at radius 3 is 2.64 bits per heavy atom. The molecule has 2 aliphatic rings. The van der Waals surface area contributed by atoms with Gasteiger partial charge in [-0.15, -0.1) is 0 Å². The zero-order chi connectivity index (χ0) is 22.9. The minimum absolute atomic E-state index is 0.168. The molecule has 1 N–H and O–H groups in total. The minimum atomic E-state index is -0.179. The highest BCUT2D eigenvalue weighted by Gasteiger charge is 2.35. The van der Waals surface area contributed by atoms with Gasteiger partial charge in [0.1, 0.15) is 0 Å². The van der Waals surface area contributed by atoms with Gasteiger partial charge in [0.25, 0.3) is 5.89 Å². The molecule has 7 heteroatoms. The molecule has 2 aromatic carbocycles. The zero-order valence-corrected chi connectivity index (χ0v) is 20.0. The van der Waals surface area contributed by atoms with Crippen LogP contribution in [0.2, 0.25) is 0 Å². The fourth-order valence-corrected chi connectivity index (χ4v) is 4.83. The molecule has 0 spiro atoms. The number of thiocarbonyl (C=S) groups is 1. The highest BCUT2D eigenvalue weighted by atomic mass is 32.1. The first-order chi connectivity index (χ1) is 16.0. The summed E-state index contributed by atoms with van der Waals surface area (Å²) in [7, 11) is 0. The largest absolute Gasteiger partial charge is 0.376 e. The Balaban J connectivity index is 1.59. The molecule has 3 aromatic rings. The van der Waals surface area contributed by atoms with Gasteiger partial charge in [-0.2, -0.15) is 4.98 Å². The second kappa shape index (κ2) is 9.08. The van der Waals surface area contributed by atoms with Crippen LogP contribution in [0.5, 0.6) is 0 Å². The molecule has 0 amide bonds. The van der Waals surface area contributed by atoms with Gasteiger partial charge in [0.15, 0.2) is 5.11 Å². The van der Waals surface area contributed by atoms with Crippen LogP contribution >= 0.6 is 12.2 Å². The number of rotatable bonds is 5. The summed E-state index contributed by atoms with van der Waals surface area (Å²) in [6.45, 7) is 7.84. The van der Waals surface area contributed by atoms with E-state index >= 15 is 0 Å². The molecule has 1 fully saturated rings. The van der Waals surface area contributed by atoms with E-state index in [4.69, 9.17) is 26.5 Å². The summed E-state index contributed by atoms with van der Waals surface area (Å²) in [6, 6.07) is 16.2. The van der Waals surface area contributed by atoms with E-state index in [0.29, 0.717) is 23.4 Å². The predicted octanol–water partition coefficient (Wildman–Crippen LogP) is 5.19. The van der Waals surface area contributed by atoms with E-state index in [1.54, 1.807) is 0 Å². The number of allylic oxidation sites excluding steroid dienone is 1. The van der Waals surface area contributed by atoms with Crippen LogP contribution in [0.25, 0.3) is 17.0 Å². The van der Waals surface area contributed by atoms with Crippen molar-refractivity contribution < 1.29 is 9.26 Å². The Hall–Kier alpha value is -3.03.